The van der Waals surface area contributed by atoms with Gasteiger partial charge in [-0.05, 0) is 65.4 Å². The number of phenols is 1. The van der Waals surface area contributed by atoms with Crippen molar-refractivity contribution in [2.45, 2.75) is 6.54 Å². The molecule has 1 aliphatic rings. The fourth-order valence-electron chi connectivity index (χ4n) is 3.32. The van der Waals surface area contributed by atoms with E-state index in [0.29, 0.717) is 22.2 Å². The molecule has 0 aromatic heterocycles. The van der Waals surface area contributed by atoms with Crippen LogP contribution in [-0.2, 0) is 11.3 Å². The monoisotopic (exact) mass is 461 g/mol. The van der Waals surface area contributed by atoms with E-state index in [-0.39, 0.29) is 23.2 Å². The summed E-state index contributed by atoms with van der Waals surface area (Å²) in [5.74, 6) is 0.215. The number of methoxy groups -OCH3 is 2. The predicted molar refractivity (Wildman–Crippen MR) is 132 cm³/mol. The zero-order valence-corrected chi connectivity index (χ0v) is 19.0. The van der Waals surface area contributed by atoms with Crippen LogP contribution in [0.2, 0.25) is 0 Å². The Kier molecular flexibility index (Phi) is 6.67. The van der Waals surface area contributed by atoms with Crippen LogP contribution in [0, 0.1) is 0 Å². The van der Waals surface area contributed by atoms with Gasteiger partial charge in [-0.1, -0.05) is 30.3 Å². The smallest absolute Gasteiger partial charge is 0.271 e. The van der Waals surface area contributed by atoms with E-state index in [2.05, 4.69) is 0 Å². The lowest BCUT2D eigenvalue weighted by Crippen LogP contribution is -2.28. The molecule has 3 aromatic carbocycles. The molecule has 4 rings (SSSR count). The molecule has 0 saturated carbocycles. The number of anilines is 1. The van der Waals surface area contributed by atoms with Gasteiger partial charge in [0, 0.05) is 6.54 Å². The minimum atomic E-state index is -0.200. The van der Waals surface area contributed by atoms with Crippen LogP contribution in [0.1, 0.15) is 11.1 Å². The molecule has 0 spiro atoms. The lowest BCUT2D eigenvalue weighted by Gasteiger charge is -2.15. The van der Waals surface area contributed by atoms with Crippen molar-refractivity contribution in [3.8, 4) is 17.2 Å². The second kappa shape index (κ2) is 9.81. The number of aliphatic imine (C=N–C) groups is 1. The Morgan fingerprint density at radius 3 is 2.24 bits per heavy atom. The summed E-state index contributed by atoms with van der Waals surface area (Å²) in [6, 6.07) is 20.2. The van der Waals surface area contributed by atoms with Gasteiger partial charge in [0.15, 0.2) is 16.7 Å². The van der Waals surface area contributed by atoms with Crippen molar-refractivity contribution < 1.29 is 19.4 Å². The molecule has 8 heteroatoms. The molecule has 1 amide bonds. The molecular formula is C25H23N3O4S. The maximum Gasteiger partial charge on any atom is 0.271 e. The van der Waals surface area contributed by atoms with E-state index in [0.717, 1.165) is 16.9 Å². The Labute approximate surface area is 196 Å². The first-order valence-electron chi connectivity index (χ1n) is 10.2. The van der Waals surface area contributed by atoms with E-state index in [4.69, 9.17) is 20.2 Å². The summed E-state index contributed by atoms with van der Waals surface area (Å²) >= 11 is 1.27. The van der Waals surface area contributed by atoms with Crippen LogP contribution in [0.3, 0.4) is 0 Å². The van der Waals surface area contributed by atoms with Gasteiger partial charge in [-0.25, -0.2) is 4.99 Å². The number of aromatic hydroxyl groups is 1. The Hall–Kier alpha value is -3.75. The van der Waals surface area contributed by atoms with Crippen molar-refractivity contribution in [2.75, 3.05) is 19.1 Å². The molecule has 0 radical (unpaired) electrons. The second-order valence-electron chi connectivity index (χ2n) is 7.13. The van der Waals surface area contributed by atoms with E-state index in [1.54, 1.807) is 23.1 Å². The quantitative estimate of drug-likeness (QED) is 0.518. The molecule has 1 fully saturated rings. The number of phenolic OH excluding ortho intramolecular Hbond substituents is 1. The molecule has 1 heterocycles. The van der Waals surface area contributed by atoms with E-state index in [1.807, 2.05) is 54.6 Å². The highest BCUT2D eigenvalue weighted by atomic mass is 32.2. The summed E-state index contributed by atoms with van der Waals surface area (Å²) in [5, 5.41) is 10.7. The minimum absolute atomic E-state index is 0.0957. The van der Waals surface area contributed by atoms with Gasteiger partial charge in [-0.15, -0.1) is 0 Å². The summed E-state index contributed by atoms with van der Waals surface area (Å²) in [5.41, 5.74) is 8.78. The molecule has 168 valence electrons. The topological polar surface area (TPSA) is 97.4 Å². The first kappa shape index (κ1) is 22.4. The van der Waals surface area contributed by atoms with Gasteiger partial charge >= 0.3 is 0 Å². The van der Waals surface area contributed by atoms with Crippen LogP contribution in [0.15, 0.2) is 76.6 Å². The number of nitrogens with zero attached hydrogens (tertiary/aromatic N) is 2. The van der Waals surface area contributed by atoms with E-state index in [9.17, 15) is 9.90 Å². The number of carbonyl (C=O) groups excluding carboxylic acids is 1. The number of para-hydroxylation sites is 1. The number of ether oxygens (including phenoxy) is 2. The first-order chi connectivity index (χ1) is 16.0. The summed E-state index contributed by atoms with van der Waals surface area (Å²) < 4.78 is 10.5. The van der Waals surface area contributed by atoms with Gasteiger partial charge in [0.25, 0.3) is 5.91 Å². The Morgan fingerprint density at radius 1 is 1.03 bits per heavy atom. The van der Waals surface area contributed by atoms with Gasteiger partial charge in [-0.2, -0.15) is 0 Å². The molecule has 0 unspecified atom stereocenters. The average molecular weight is 462 g/mol. The summed E-state index contributed by atoms with van der Waals surface area (Å²) in [6.45, 7) is 0.451. The van der Waals surface area contributed by atoms with E-state index < -0.39 is 0 Å². The second-order valence-corrected chi connectivity index (χ2v) is 8.13. The third-order valence-corrected chi connectivity index (χ3v) is 5.99. The van der Waals surface area contributed by atoms with Crippen molar-refractivity contribution in [3.63, 3.8) is 0 Å². The van der Waals surface area contributed by atoms with Crippen molar-refractivity contribution in [1.29, 1.82) is 0 Å². The van der Waals surface area contributed by atoms with Crippen LogP contribution in [-0.4, -0.2) is 30.4 Å². The number of amides is 1. The Morgan fingerprint density at radius 2 is 1.67 bits per heavy atom. The number of benzene rings is 3. The number of thioether (sulfide) groups is 1. The van der Waals surface area contributed by atoms with Crippen molar-refractivity contribution in [3.05, 3.63) is 82.8 Å². The van der Waals surface area contributed by atoms with Crippen molar-refractivity contribution >= 4 is 40.3 Å². The molecular weight excluding hydrogens is 438 g/mol. The zero-order valence-electron chi connectivity index (χ0n) is 18.2. The number of hydrogen-bond donors (Lipinski definition) is 2. The number of carbonyl (C=O) groups is 1. The average Bonchev–Trinajstić information content (AvgIpc) is 3.15. The summed E-state index contributed by atoms with van der Waals surface area (Å²) in [7, 11) is 2.91. The SMILES string of the molecule is COc1cc(/C=C2\SC(=Nc3ccc(CN)cc3)N(c3ccccc3)C2=O)cc(OC)c1O. The lowest BCUT2D eigenvalue weighted by atomic mass is 10.1. The molecule has 0 aliphatic carbocycles. The number of hydrogen-bond acceptors (Lipinski definition) is 7. The summed E-state index contributed by atoms with van der Waals surface area (Å²) in [4.78, 5) is 20.2. The third-order valence-electron chi connectivity index (χ3n) is 5.02. The molecule has 7 nitrogen and oxygen atoms in total. The molecule has 0 bridgehead atoms. The number of amidine groups is 1. The Balaban J connectivity index is 1.77. The van der Waals surface area contributed by atoms with Crippen LogP contribution in [0.4, 0.5) is 11.4 Å². The fourth-order valence-corrected chi connectivity index (χ4v) is 4.32. The minimum Gasteiger partial charge on any atom is -0.502 e. The third kappa shape index (κ3) is 4.72. The van der Waals surface area contributed by atoms with Crippen molar-refractivity contribution in [2.24, 2.45) is 10.7 Å². The maximum atomic E-state index is 13.4. The van der Waals surface area contributed by atoms with E-state index >= 15 is 0 Å². The summed E-state index contributed by atoms with van der Waals surface area (Å²) in [6.07, 6.45) is 1.73. The van der Waals surface area contributed by atoms with Gasteiger partial charge in [0.2, 0.25) is 5.75 Å². The Bertz CT molecular complexity index is 1200. The van der Waals surface area contributed by atoms with Gasteiger partial charge < -0.3 is 20.3 Å². The van der Waals surface area contributed by atoms with Crippen LogP contribution in [0.5, 0.6) is 17.2 Å². The van der Waals surface area contributed by atoms with E-state index in [1.165, 1.54) is 26.0 Å². The zero-order chi connectivity index (χ0) is 23.4. The fraction of sp³-hybridized carbons (Fsp3) is 0.120. The lowest BCUT2D eigenvalue weighted by molar-refractivity contribution is -0.113. The maximum absolute atomic E-state index is 13.4. The van der Waals surface area contributed by atoms with Gasteiger partial charge in [-0.3, -0.25) is 9.69 Å². The number of nitrogens with two attached hydrogens (primary N) is 1. The molecule has 1 aliphatic heterocycles. The first-order valence-corrected chi connectivity index (χ1v) is 11.0. The predicted octanol–water partition coefficient (Wildman–Crippen LogP) is 4.68. The van der Waals surface area contributed by atoms with Crippen LogP contribution in [0.25, 0.3) is 6.08 Å². The molecule has 0 atom stereocenters. The van der Waals surface area contributed by atoms with Gasteiger partial charge in [0.05, 0.1) is 30.5 Å². The molecule has 33 heavy (non-hydrogen) atoms. The largest absolute Gasteiger partial charge is 0.502 e. The molecule has 3 N–H and O–H groups in total. The number of rotatable bonds is 6. The molecule has 1 saturated heterocycles. The highest BCUT2D eigenvalue weighted by Crippen LogP contribution is 2.41. The van der Waals surface area contributed by atoms with Gasteiger partial charge in [0.1, 0.15) is 0 Å². The van der Waals surface area contributed by atoms with Crippen LogP contribution < -0.4 is 20.1 Å². The van der Waals surface area contributed by atoms with Crippen molar-refractivity contribution in [1.82, 2.24) is 0 Å². The molecule has 3 aromatic rings. The van der Waals surface area contributed by atoms with Crippen LogP contribution >= 0.6 is 11.8 Å². The normalized spacial score (nSPS) is 16.0. The highest BCUT2D eigenvalue weighted by Gasteiger charge is 2.34. The standard InChI is InChI=1S/C25H23N3O4S/c1-31-20-12-17(13-21(32-2)23(20)29)14-22-24(30)28(19-6-4-3-5-7-19)25(33-22)27-18-10-8-16(15-26)9-11-18/h3-14,29H,15,26H2,1-2H3/b22-14-,27-25?. The highest BCUT2D eigenvalue weighted by molar-refractivity contribution is 8.19.